The van der Waals surface area contributed by atoms with Crippen molar-refractivity contribution in [1.29, 1.82) is 0 Å². The van der Waals surface area contributed by atoms with Gasteiger partial charge in [0, 0.05) is 62.8 Å². The third-order valence-corrected chi connectivity index (χ3v) is 8.29. The Morgan fingerprint density at radius 1 is 1.08 bits per heavy atom. The fourth-order valence-corrected chi connectivity index (χ4v) is 6.45. The Balaban J connectivity index is 1.45. The highest BCUT2D eigenvalue weighted by Gasteiger charge is 2.47. The van der Waals surface area contributed by atoms with Gasteiger partial charge in [-0.1, -0.05) is 18.9 Å². The van der Waals surface area contributed by atoms with Gasteiger partial charge in [-0.15, -0.1) is 11.3 Å². The first kappa shape index (κ1) is 24.5. The monoisotopic (exact) mass is 508 g/mol. The van der Waals surface area contributed by atoms with Crippen molar-refractivity contribution >= 4 is 29.1 Å². The van der Waals surface area contributed by atoms with Crippen molar-refractivity contribution in [3.05, 3.63) is 63.7 Å². The number of ether oxygens (including phenoxy) is 1. The lowest BCUT2D eigenvalue weighted by molar-refractivity contribution is -0.145. The zero-order chi connectivity index (χ0) is 25.1. The van der Waals surface area contributed by atoms with Crippen molar-refractivity contribution < 1.29 is 19.1 Å². The molecule has 0 bridgehead atoms. The number of amides is 2. The molecule has 2 amide bonds. The summed E-state index contributed by atoms with van der Waals surface area (Å²) in [7, 11) is 0. The molecular formula is C27H32N4O4S. The van der Waals surface area contributed by atoms with Gasteiger partial charge in [-0.25, -0.2) is 4.79 Å². The predicted octanol–water partition coefficient (Wildman–Crippen LogP) is 3.32. The third kappa shape index (κ3) is 4.76. The van der Waals surface area contributed by atoms with E-state index in [9.17, 15) is 14.4 Å². The largest absolute Gasteiger partial charge is 0.462 e. The fraction of sp³-hybridized carbons (Fsp3) is 0.481. The lowest BCUT2D eigenvalue weighted by Crippen LogP contribution is -2.57. The maximum atomic E-state index is 13.9. The lowest BCUT2D eigenvalue weighted by Gasteiger charge is -2.49. The molecule has 0 N–H and O–H groups in total. The molecule has 1 saturated carbocycles. The standard InChI is InChI=1S/C27H32N4O4S/c1-2-35-27(34)23-24(29-13-15-30(16-14-29)25(32)22-8-5-17-36-22)20-6-3-4-7-21(20)31(26(23)33)18-19-9-11-28-12-10-19/h5,8-12,17,20-21H,2-4,6-7,13-16,18H2,1H3. The highest BCUT2D eigenvalue weighted by atomic mass is 32.1. The number of fused-ring (bicyclic) bond motifs is 1. The fourth-order valence-electron chi connectivity index (χ4n) is 5.76. The summed E-state index contributed by atoms with van der Waals surface area (Å²) in [6.07, 6.45) is 7.43. The summed E-state index contributed by atoms with van der Waals surface area (Å²) < 4.78 is 5.42. The van der Waals surface area contributed by atoms with Crippen molar-refractivity contribution in [3.8, 4) is 0 Å². The van der Waals surface area contributed by atoms with E-state index in [1.165, 1.54) is 11.3 Å². The second-order valence-electron chi connectivity index (χ2n) is 9.48. The van der Waals surface area contributed by atoms with E-state index in [4.69, 9.17) is 4.74 Å². The summed E-state index contributed by atoms with van der Waals surface area (Å²) in [6, 6.07) is 7.61. The zero-order valence-corrected chi connectivity index (χ0v) is 21.4. The Hall–Kier alpha value is -3.20. The molecule has 1 saturated heterocycles. The number of aromatic nitrogens is 1. The molecule has 0 spiro atoms. The molecule has 5 rings (SSSR count). The average molecular weight is 509 g/mol. The predicted molar refractivity (Wildman–Crippen MR) is 136 cm³/mol. The minimum Gasteiger partial charge on any atom is -0.462 e. The summed E-state index contributed by atoms with van der Waals surface area (Å²) in [4.78, 5) is 50.8. The van der Waals surface area contributed by atoms with Gasteiger partial charge in [0.15, 0.2) is 0 Å². The molecule has 8 nitrogen and oxygen atoms in total. The van der Waals surface area contributed by atoms with E-state index < -0.39 is 5.97 Å². The maximum Gasteiger partial charge on any atom is 0.345 e. The summed E-state index contributed by atoms with van der Waals surface area (Å²) in [6.45, 7) is 4.72. The summed E-state index contributed by atoms with van der Waals surface area (Å²) >= 11 is 1.45. The molecule has 2 aromatic rings. The number of hydrogen-bond acceptors (Lipinski definition) is 7. The molecule has 0 radical (unpaired) electrons. The molecule has 2 aromatic heterocycles. The van der Waals surface area contributed by atoms with Crippen LogP contribution in [0.5, 0.6) is 0 Å². The van der Waals surface area contributed by atoms with Crippen LogP contribution in [-0.4, -0.2) is 76.3 Å². The molecule has 190 valence electrons. The van der Waals surface area contributed by atoms with Crippen LogP contribution in [0.3, 0.4) is 0 Å². The summed E-state index contributed by atoms with van der Waals surface area (Å²) in [5.41, 5.74) is 2.00. The Labute approximate surface area is 215 Å². The van der Waals surface area contributed by atoms with Gasteiger partial charge in [0.25, 0.3) is 11.8 Å². The molecule has 2 aliphatic heterocycles. The first-order chi connectivity index (χ1) is 17.6. The second kappa shape index (κ2) is 10.8. The van der Waals surface area contributed by atoms with Gasteiger partial charge in [0.05, 0.1) is 11.5 Å². The topological polar surface area (TPSA) is 83.1 Å². The minimum atomic E-state index is -0.543. The Morgan fingerprint density at radius 3 is 2.53 bits per heavy atom. The van der Waals surface area contributed by atoms with Crippen molar-refractivity contribution in [2.24, 2.45) is 5.92 Å². The molecular weight excluding hydrogens is 476 g/mol. The molecule has 4 heterocycles. The third-order valence-electron chi connectivity index (χ3n) is 7.43. The molecule has 1 aliphatic carbocycles. The van der Waals surface area contributed by atoms with Gasteiger partial charge in [-0.05, 0) is 48.9 Å². The van der Waals surface area contributed by atoms with Crippen LogP contribution in [0, 0.1) is 5.92 Å². The maximum absolute atomic E-state index is 13.9. The summed E-state index contributed by atoms with van der Waals surface area (Å²) in [5.74, 6) is -0.667. The second-order valence-corrected chi connectivity index (χ2v) is 10.4. The van der Waals surface area contributed by atoms with Crippen LogP contribution in [0.1, 0.15) is 47.8 Å². The van der Waals surface area contributed by atoms with E-state index in [1.54, 1.807) is 19.3 Å². The highest BCUT2D eigenvalue weighted by molar-refractivity contribution is 7.12. The van der Waals surface area contributed by atoms with Crippen LogP contribution in [-0.2, 0) is 20.9 Å². The first-order valence-electron chi connectivity index (χ1n) is 12.8. The van der Waals surface area contributed by atoms with Crippen LogP contribution in [0.2, 0.25) is 0 Å². The number of hydrogen-bond donors (Lipinski definition) is 0. The molecule has 3 aliphatic rings. The smallest absolute Gasteiger partial charge is 0.345 e. The quantitative estimate of drug-likeness (QED) is 0.440. The minimum absolute atomic E-state index is 0.0402. The summed E-state index contributed by atoms with van der Waals surface area (Å²) in [5, 5.41) is 1.91. The first-order valence-corrected chi connectivity index (χ1v) is 13.6. The molecule has 36 heavy (non-hydrogen) atoms. The Morgan fingerprint density at radius 2 is 1.83 bits per heavy atom. The Kier molecular flexibility index (Phi) is 7.36. The lowest BCUT2D eigenvalue weighted by atomic mass is 9.76. The van der Waals surface area contributed by atoms with E-state index in [0.717, 1.165) is 41.8 Å². The van der Waals surface area contributed by atoms with E-state index in [2.05, 4.69) is 9.88 Å². The zero-order valence-electron chi connectivity index (χ0n) is 20.6. The van der Waals surface area contributed by atoms with Gasteiger partial charge in [0.2, 0.25) is 0 Å². The van der Waals surface area contributed by atoms with E-state index in [0.29, 0.717) is 32.7 Å². The van der Waals surface area contributed by atoms with Crippen LogP contribution in [0.25, 0.3) is 0 Å². The normalized spacial score (nSPS) is 22.5. The van der Waals surface area contributed by atoms with Gasteiger partial charge in [-0.3, -0.25) is 14.6 Å². The van der Waals surface area contributed by atoms with Crippen LogP contribution in [0.15, 0.2) is 53.3 Å². The van der Waals surface area contributed by atoms with Crippen molar-refractivity contribution in [2.45, 2.75) is 45.2 Å². The van der Waals surface area contributed by atoms with Crippen molar-refractivity contribution in [1.82, 2.24) is 19.7 Å². The number of carbonyl (C=O) groups is 3. The molecule has 9 heteroatoms. The number of carbonyl (C=O) groups excluding carboxylic acids is 3. The van der Waals surface area contributed by atoms with Gasteiger partial charge < -0.3 is 19.4 Å². The van der Waals surface area contributed by atoms with Gasteiger partial charge in [-0.2, -0.15) is 0 Å². The number of pyridine rings is 1. The average Bonchev–Trinajstić information content (AvgIpc) is 3.45. The number of piperazine rings is 1. The van der Waals surface area contributed by atoms with Crippen LogP contribution < -0.4 is 0 Å². The van der Waals surface area contributed by atoms with Gasteiger partial charge in [0.1, 0.15) is 5.57 Å². The number of thiophene rings is 1. The van der Waals surface area contributed by atoms with E-state index in [1.807, 2.05) is 39.4 Å². The molecule has 2 atom stereocenters. The van der Waals surface area contributed by atoms with Crippen molar-refractivity contribution in [2.75, 3.05) is 32.8 Å². The molecule has 0 aromatic carbocycles. The van der Waals surface area contributed by atoms with Crippen LogP contribution >= 0.6 is 11.3 Å². The number of esters is 1. The Bertz CT molecular complexity index is 1130. The number of rotatable bonds is 6. The molecule has 2 fully saturated rings. The SMILES string of the molecule is CCOC(=O)C1=C(N2CCN(C(=O)c3cccs3)CC2)C2CCCCC2N(Cc2ccncc2)C1=O. The molecule has 2 unspecified atom stereocenters. The van der Waals surface area contributed by atoms with E-state index >= 15 is 0 Å². The van der Waals surface area contributed by atoms with Crippen LogP contribution in [0.4, 0.5) is 0 Å². The van der Waals surface area contributed by atoms with E-state index in [-0.39, 0.29) is 36.0 Å². The van der Waals surface area contributed by atoms with Gasteiger partial charge >= 0.3 is 5.97 Å². The number of nitrogens with zero attached hydrogens (tertiary/aromatic N) is 4. The van der Waals surface area contributed by atoms with Crippen molar-refractivity contribution in [3.63, 3.8) is 0 Å². The highest BCUT2D eigenvalue weighted by Crippen LogP contribution is 2.42.